The molecule has 1 aliphatic rings. The number of Topliss-reactive ketones (excluding diaryl/α,β-unsaturated/α-hetero) is 2. The van der Waals surface area contributed by atoms with Gasteiger partial charge < -0.3 is 14.6 Å². The molecule has 1 heterocycles. The van der Waals surface area contributed by atoms with Crippen LogP contribution in [0.1, 0.15) is 30.4 Å². The van der Waals surface area contributed by atoms with Crippen molar-refractivity contribution in [1.29, 1.82) is 0 Å². The first-order valence-corrected chi connectivity index (χ1v) is 9.77. The van der Waals surface area contributed by atoms with Crippen molar-refractivity contribution in [3.8, 4) is 5.75 Å². The van der Waals surface area contributed by atoms with E-state index in [2.05, 4.69) is 0 Å². The van der Waals surface area contributed by atoms with Crippen LogP contribution in [0, 0.1) is 0 Å². The van der Waals surface area contributed by atoms with Gasteiger partial charge in [-0.25, -0.2) is 0 Å². The average molecular weight is 395 g/mol. The maximum Gasteiger partial charge on any atom is 0.170 e. The number of para-hydroxylation sites is 2. The van der Waals surface area contributed by atoms with Crippen LogP contribution in [0.2, 0.25) is 0 Å². The van der Waals surface area contributed by atoms with Crippen molar-refractivity contribution in [2.75, 3.05) is 26.4 Å². The van der Waals surface area contributed by atoms with Gasteiger partial charge in [0.2, 0.25) is 0 Å². The summed E-state index contributed by atoms with van der Waals surface area (Å²) in [5.74, 6) is 0.613. The van der Waals surface area contributed by atoms with Gasteiger partial charge in [-0.2, -0.15) is 0 Å². The third kappa shape index (κ3) is 6.07. The van der Waals surface area contributed by atoms with Crippen LogP contribution in [0.3, 0.4) is 0 Å². The van der Waals surface area contributed by atoms with E-state index in [0.717, 1.165) is 16.8 Å². The van der Waals surface area contributed by atoms with Crippen LogP contribution in [-0.2, 0) is 20.7 Å². The van der Waals surface area contributed by atoms with E-state index in [1.807, 2.05) is 42.5 Å². The summed E-state index contributed by atoms with van der Waals surface area (Å²) in [5, 5.41) is 8.66. The highest BCUT2D eigenvalue weighted by molar-refractivity contribution is 6.14. The Balaban J connectivity index is 1.68. The van der Waals surface area contributed by atoms with E-state index >= 15 is 0 Å². The number of aliphatic imine (C=N–C) groups is 1. The number of benzene rings is 2. The molecule has 0 atom stereocenters. The lowest BCUT2D eigenvalue weighted by molar-refractivity contribution is -0.121. The van der Waals surface area contributed by atoms with Crippen LogP contribution in [-0.4, -0.2) is 48.8 Å². The first-order chi connectivity index (χ1) is 14.2. The van der Waals surface area contributed by atoms with Gasteiger partial charge in [0.25, 0.3) is 0 Å². The Hall–Kier alpha value is -2.83. The molecule has 29 heavy (non-hydrogen) atoms. The van der Waals surface area contributed by atoms with Gasteiger partial charge in [-0.3, -0.25) is 14.6 Å². The number of nitrogens with zero attached hydrogens (tertiary/aromatic N) is 1. The van der Waals surface area contributed by atoms with Gasteiger partial charge in [-0.1, -0.05) is 30.3 Å². The summed E-state index contributed by atoms with van der Waals surface area (Å²) < 4.78 is 10.9. The van der Waals surface area contributed by atoms with Crippen molar-refractivity contribution in [2.45, 2.75) is 25.7 Å². The molecule has 6 nitrogen and oxygen atoms in total. The molecule has 0 amide bonds. The molecular formula is C23H25NO5. The zero-order chi connectivity index (χ0) is 20.5. The van der Waals surface area contributed by atoms with Gasteiger partial charge in [0.05, 0.1) is 24.6 Å². The standard InChI is InChI=1S/C23H25NO5/c25-11-13-28-12-5-7-18(26)16-29-23-10-4-2-8-20(23)22-15-19(27)14-17-6-1-3-9-21(17)24-22/h1-4,6,8-10,25H,5,7,11-16H2. The number of carbonyl (C=O) groups is 2. The van der Waals surface area contributed by atoms with Crippen molar-refractivity contribution in [3.05, 3.63) is 59.7 Å². The summed E-state index contributed by atoms with van der Waals surface area (Å²) in [4.78, 5) is 29.2. The third-order valence-electron chi connectivity index (χ3n) is 4.57. The molecule has 0 saturated heterocycles. The van der Waals surface area contributed by atoms with Crippen molar-refractivity contribution in [1.82, 2.24) is 0 Å². The Labute approximate surface area is 170 Å². The summed E-state index contributed by atoms with van der Waals surface area (Å²) in [6, 6.07) is 15.0. The molecule has 2 aromatic carbocycles. The van der Waals surface area contributed by atoms with Crippen LogP contribution < -0.4 is 4.74 Å². The van der Waals surface area contributed by atoms with E-state index in [4.69, 9.17) is 19.6 Å². The number of aliphatic hydroxyl groups is 1. The molecule has 0 aliphatic carbocycles. The van der Waals surface area contributed by atoms with E-state index in [1.165, 1.54) is 0 Å². The number of hydrogen-bond acceptors (Lipinski definition) is 6. The maximum atomic E-state index is 12.4. The number of carbonyl (C=O) groups excluding carboxylic acids is 2. The van der Waals surface area contributed by atoms with Gasteiger partial charge >= 0.3 is 0 Å². The van der Waals surface area contributed by atoms with E-state index in [-0.39, 0.29) is 37.8 Å². The SMILES string of the molecule is O=C(CCCOCCO)COc1ccccc1C1=Nc2ccccc2CC(=O)C1. The van der Waals surface area contributed by atoms with Crippen LogP contribution in [0.4, 0.5) is 5.69 Å². The highest BCUT2D eigenvalue weighted by Gasteiger charge is 2.20. The maximum absolute atomic E-state index is 12.4. The second kappa shape index (κ2) is 10.6. The highest BCUT2D eigenvalue weighted by Crippen LogP contribution is 2.28. The largest absolute Gasteiger partial charge is 0.485 e. The first kappa shape index (κ1) is 20.9. The van der Waals surface area contributed by atoms with E-state index in [9.17, 15) is 9.59 Å². The lowest BCUT2D eigenvalue weighted by Crippen LogP contribution is -2.15. The Bertz CT molecular complexity index is 890. The van der Waals surface area contributed by atoms with Crippen LogP contribution >= 0.6 is 0 Å². The second-order valence-electron chi connectivity index (χ2n) is 6.84. The zero-order valence-electron chi connectivity index (χ0n) is 16.3. The van der Waals surface area contributed by atoms with Crippen LogP contribution in [0.25, 0.3) is 0 Å². The summed E-state index contributed by atoms with van der Waals surface area (Å²) in [5.41, 5.74) is 3.10. The highest BCUT2D eigenvalue weighted by atomic mass is 16.5. The van der Waals surface area contributed by atoms with Crippen molar-refractivity contribution < 1.29 is 24.2 Å². The normalized spacial score (nSPS) is 13.4. The molecule has 0 bridgehead atoms. The van der Waals surface area contributed by atoms with Gasteiger partial charge in [0, 0.05) is 31.4 Å². The Kier molecular flexibility index (Phi) is 7.67. The zero-order valence-corrected chi connectivity index (χ0v) is 16.3. The minimum atomic E-state index is -0.0468. The van der Waals surface area contributed by atoms with Crippen molar-refractivity contribution in [3.63, 3.8) is 0 Å². The number of aliphatic hydroxyl groups excluding tert-OH is 1. The molecule has 0 fully saturated rings. The lowest BCUT2D eigenvalue weighted by atomic mass is 10.0. The van der Waals surface area contributed by atoms with E-state index < -0.39 is 0 Å². The molecule has 1 N–H and O–H groups in total. The molecule has 0 radical (unpaired) electrons. The third-order valence-corrected chi connectivity index (χ3v) is 4.57. The molecular weight excluding hydrogens is 370 g/mol. The van der Waals surface area contributed by atoms with Gasteiger partial charge in [-0.05, 0) is 30.2 Å². The second-order valence-corrected chi connectivity index (χ2v) is 6.84. The molecule has 0 spiro atoms. The van der Waals surface area contributed by atoms with E-state index in [0.29, 0.717) is 37.3 Å². The van der Waals surface area contributed by atoms with Crippen LogP contribution in [0.15, 0.2) is 53.5 Å². The van der Waals surface area contributed by atoms with Crippen LogP contribution in [0.5, 0.6) is 5.75 Å². The average Bonchev–Trinajstić information content (AvgIpc) is 2.90. The summed E-state index contributed by atoms with van der Waals surface area (Å²) in [7, 11) is 0. The molecule has 0 unspecified atom stereocenters. The predicted octanol–water partition coefficient (Wildman–Crippen LogP) is 3.06. The number of rotatable bonds is 10. The van der Waals surface area contributed by atoms with Crippen molar-refractivity contribution in [2.24, 2.45) is 4.99 Å². The molecule has 1 aliphatic heterocycles. The predicted molar refractivity (Wildman–Crippen MR) is 110 cm³/mol. The molecule has 0 aromatic heterocycles. The number of fused-ring (bicyclic) bond motifs is 1. The summed E-state index contributed by atoms with van der Waals surface area (Å²) in [6.07, 6.45) is 1.52. The molecule has 6 heteroatoms. The molecule has 152 valence electrons. The quantitative estimate of drug-likeness (QED) is 0.625. The van der Waals surface area contributed by atoms with Gasteiger partial charge in [0.1, 0.15) is 18.1 Å². The number of ether oxygens (including phenoxy) is 2. The van der Waals surface area contributed by atoms with Gasteiger partial charge in [-0.15, -0.1) is 0 Å². The van der Waals surface area contributed by atoms with Gasteiger partial charge in [0.15, 0.2) is 5.78 Å². The minimum absolute atomic E-state index is 0.0231. The fourth-order valence-corrected chi connectivity index (χ4v) is 3.17. The Morgan fingerprint density at radius 3 is 2.69 bits per heavy atom. The lowest BCUT2D eigenvalue weighted by Gasteiger charge is -2.12. The molecule has 0 saturated carbocycles. The summed E-state index contributed by atoms with van der Waals surface area (Å²) >= 11 is 0. The molecule has 2 aromatic rings. The number of hydrogen-bond donors (Lipinski definition) is 1. The monoisotopic (exact) mass is 395 g/mol. The van der Waals surface area contributed by atoms with E-state index in [1.54, 1.807) is 6.07 Å². The van der Waals surface area contributed by atoms with Crippen molar-refractivity contribution >= 4 is 23.0 Å². The topological polar surface area (TPSA) is 85.2 Å². The molecule has 3 rings (SSSR count). The Morgan fingerprint density at radius 1 is 1.03 bits per heavy atom. The fourth-order valence-electron chi connectivity index (χ4n) is 3.17. The summed E-state index contributed by atoms with van der Waals surface area (Å²) in [6.45, 7) is 0.642. The number of ketones is 2. The smallest absolute Gasteiger partial charge is 0.170 e. The first-order valence-electron chi connectivity index (χ1n) is 9.77. The fraction of sp³-hybridized carbons (Fsp3) is 0.348. The Morgan fingerprint density at radius 2 is 1.83 bits per heavy atom. The minimum Gasteiger partial charge on any atom is -0.485 e.